The van der Waals surface area contributed by atoms with Crippen LogP contribution in [0.15, 0.2) is 53.6 Å². The number of aliphatic hydroxyl groups is 1. The molecule has 39 heavy (non-hydrogen) atoms. The van der Waals surface area contributed by atoms with Crippen LogP contribution in [0.4, 0.5) is 18.9 Å². The Kier molecular flexibility index (Phi) is 7.01. The van der Waals surface area contributed by atoms with Crippen molar-refractivity contribution >= 4 is 33.0 Å². The summed E-state index contributed by atoms with van der Waals surface area (Å²) in [6.07, 6.45) is 2.72. The number of carbonyl (C=O) groups excluding carboxylic acids is 1. The van der Waals surface area contributed by atoms with E-state index >= 15 is 0 Å². The molecule has 1 amide bonds. The molecule has 206 valence electrons. The van der Waals surface area contributed by atoms with Crippen LogP contribution in [0.5, 0.6) is 0 Å². The molecule has 0 spiro atoms. The summed E-state index contributed by atoms with van der Waals surface area (Å²) >= 11 is 6.30. The second-order valence-corrected chi connectivity index (χ2v) is 13.1. The molecule has 11 heteroatoms. The topological polar surface area (TPSA) is 96.4 Å². The van der Waals surface area contributed by atoms with Crippen LogP contribution in [0.25, 0.3) is 0 Å². The number of anilines is 1. The number of hydrogen-bond acceptors (Lipinski definition) is 5. The van der Waals surface area contributed by atoms with Gasteiger partial charge in [-0.1, -0.05) is 18.5 Å². The van der Waals surface area contributed by atoms with Crippen molar-refractivity contribution in [3.05, 3.63) is 88.0 Å². The predicted molar refractivity (Wildman–Crippen MR) is 140 cm³/mol. The van der Waals surface area contributed by atoms with Crippen LogP contribution in [0, 0.1) is 42.1 Å². The molecule has 6 nitrogen and oxygen atoms in total. The van der Waals surface area contributed by atoms with E-state index in [9.17, 15) is 31.5 Å². The molecule has 5 atom stereocenters. The lowest BCUT2D eigenvalue weighted by Gasteiger charge is -2.43. The van der Waals surface area contributed by atoms with Crippen LogP contribution in [0.2, 0.25) is 5.02 Å². The third-order valence-electron chi connectivity index (χ3n) is 8.13. The third kappa shape index (κ3) is 4.72. The van der Waals surface area contributed by atoms with Crippen molar-refractivity contribution in [2.75, 3.05) is 5.32 Å². The molecule has 1 aromatic heterocycles. The monoisotopic (exact) mass is 578 g/mol. The first kappa shape index (κ1) is 27.6. The molecule has 2 aromatic carbocycles. The van der Waals surface area contributed by atoms with E-state index in [-0.39, 0.29) is 51.8 Å². The molecule has 2 bridgehead atoms. The molecule has 5 rings (SSSR count). The molecule has 2 N–H and O–H groups in total. The molecule has 0 saturated heterocycles. The highest BCUT2D eigenvalue weighted by Gasteiger charge is 2.59. The van der Waals surface area contributed by atoms with Gasteiger partial charge in [-0.15, -0.1) is 0 Å². The zero-order valence-electron chi connectivity index (χ0n) is 21.1. The number of aryl methyl sites for hydroxylation is 1. The molecule has 2 fully saturated rings. The minimum atomic E-state index is -4.04. The number of amides is 1. The summed E-state index contributed by atoms with van der Waals surface area (Å²) in [7, 11) is -4.04. The van der Waals surface area contributed by atoms with Crippen molar-refractivity contribution in [2.24, 2.45) is 17.8 Å². The van der Waals surface area contributed by atoms with Crippen molar-refractivity contribution in [3.63, 3.8) is 0 Å². The highest BCUT2D eigenvalue weighted by atomic mass is 35.5. The number of fused-ring (bicyclic) bond motifs is 2. The Morgan fingerprint density at radius 1 is 1.08 bits per heavy atom. The number of benzene rings is 2. The van der Waals surface area contributed by atoms with Gasteiger partial charge in [0, 0.05) is 35.3 Å². The van der Waals surface area contributed by atoms with Crippen LogP contribution in [-0.2, 0) is 15.4 Å². The zero-order chi connectivity index (χ0) is 28.3. The third-order valence-corrected chi connectivity index (χ3v) is 10.8. The zero-order valence-corrected chi connectivity index (χ0v) is 22.7. The van der Waals surface area contributed by atoms with E-state index in [1.165, 1.54) is 12.1 Å². The van der Waals surface area contributed by atoms with E-state index < -0.39 is 44.0 Å². The van der Waals surface area contributed by atoms with Crippen molar-refractivity contribution in [2.45, 2.75) is 48.9 Å². The summed E-state index contributed by atoms with van der Waals surface area (Å²) in [6, 6.07) is 8.53. The first-order chi connectivity index (χ1) is 18.3. The molecule has 3 unspecified atom stereocenters. The molecule has 3 aromatic rings. The summed E-state index contributed by atoms with van der Waals surface area (Å²) in [6.45, 7) is 3.85. The quantitative estimate of drug-likeness (QED) is 0.373. The lowest BCUT2D eigenvalue weighted by Crippen LogP contribution is -2.46. The number of pyridine rings is 1. The molecular weight excluding hydrogens is 553 g/mol. The fraction of sp³-hybridized carbons (Fsp3) is 0.357. The maximum atomic E-state index is 13.8. The second kappa shape index (κ2) is 9.91. The minimum Gasteiger partial charge on any atom is -0.385 e. The maximum Gasteiger partial charge on any atom is 0.255 e. The lowest BCUT2D eigenvalue weighted by atomic mass is 9.69. The van der Waals surface area contributed by atoms with Gasteiger partial charge >= 0.3 is 0 Å². The van der Waals surface area contributed by atoms with Gasteiger partial charge in [-0.05, 0) is 79.8 Å². The normalized spacial score (nSPS) is 26.4. The van der Waals surface area contributed by atoms with Crippen LogP contribution < -0.4 is 5.32 Å². The van der Waals surface area contributed by atoms with Crippen LogP contribution in [-0.4, -0.2) is 29.7 Å². The van der Waals surface area contributed by atoms with Gasteiger partial charge in [-0.3, -0.25) is 9.78 Å². The first-order valence-electron chi connectivity index (χ1n) is 12.5. The van der Waals surface area contributed by atoms with Gasteiger partial charge in [0.2, 0.25) is 0 Å². The Balaban J connectivity index is 1.43. The maximum absolute atomic E-state index is 13.8. The average molecular weight is 579 g/mol. The van der Waals surface area contributed by atoms with Crippen LogP contribution in [0.3, 0.4) is 0 Å². The van der Waals surface area contributed by atoms with Crippen LogP contribution in [0.1, 0.15) is 47.8 Å². The number of halogens is 4. The largest absolute Gasteiger partial charge is 0.385 e. The van der Waals surface area contributed by atoms with E-state index in [1.807, 2.05) is 19.9 Å². The molecule has 0 aliphatic heterocycles. The van der Waals surface area contributed by atoms with Crippen molar-refractivity contribution < 1.29 is 31.5 Å². The Morgan fingerprint density at radius 2 is 1.77 bits per heavy atom. The molecule has 2 saturated carbocycles. The number of hydrogen-bond donors (Lipinski definition) is 2. The number of aromatic nitrogens is 1. The Hall–Kier alpha value is -2.95. The SMILES string of the molecule is Cc1cc([C@@]2(O)C3CC(S(=O)(=O)c4cc(C(=O)Nc5cc(F)c(F)c(F)c5)ccc4Cl)CC2[C@@H](C)C3)ccn1. The summed E-state index contributed by atoms with van der Waals surface area (Å²) < 4.78 is 68.1. The van der Waals surface area contributed by atoms with Crippen molar-refractivity contribution in [1.82, 2.24) is 4.98 Å². The molecule has 1 heterocycles. The van der Waals surface area contributed by atoms with E-state index in [0.717, 1.165) is 17.3 Å². The van der Waals surface area contributed by atoms with E-state index in [1.54, 1.807) is 12.3 Å². The van der Waals surface area contributed by atoms with E-state index in [4.69, 9.17) is 11.6 Å². The summed E-state index contributed by atoms with van der Waals surface area (Å²) in [5, 5.41) is 13.2. The summed E-state index contributed by atoms with van der Waals surface area (Å²) in [5.74, 6) is -6.02. The first-order valence-corrected chi connectivity index (χ1v) is 14.4. The minimum absolute atomic E-state index is 0.0728. The molecule has 2 aliphatic carbocycles. The Bertz CT molecular complexity index is 1560. The van der Waals surface area contributed by atoms with E-state index in [2.05, 4.69) is 10.3 Å². The van der Waals surface area contributed by atoms with Gasteiger partial charge in [0.1, 0.15) is 0 Å². The van der Waals surface area contributed by atoms with Crippen LogP contribution >= 0.6 is 11.6 Å². The number of carbonyl (C=O) groups is 1. The fourth-order valence-electron chi connectivity index (χ4n) is 6.28. The fourth-order valence-corrected chi connectivity index (χ4v) is 8.66. The number of nitrogens with one attached hydrogen (secondary N) is 1. The standard InChI is InChI=1S/C28H26ClF3N2O4S/c1-14-7-18-10-20(13-21(14)28(18,36)17-5-6-33-15(2)8-17)39(37,38)25-9-16(3-4-22(25)29)27(35)34-19-11-23(30)26(32)24(31)12-19/h3-6,8-9,11-12,14,18,20-21,36H,7,10,13H2,1-2H3,(H,34,35)/t14-,18?,20?,21?,28+/m0/s1. The molecule has 0 radical (unpaired) electrons. The Morgan fingerprint density at radius 3 is 2.41 bits per heavy atom. The molecule has 2 aliphatic rings. The van der Waals surface area contributed by atoms with Gasteiger partial charge < -0.3 is 10.4 Å². The number of rotatable bonds is 5. The van der Waals surface area contributed by atoms with Gasteiger partial charge in [-0.25, -0.2) is 21.6 Å². The summed E-state index contributed by atoms with van der Waals surface area (Å²) in [4.78, 5) is 16.8. The highest BCUT2D eigenvalue weighted by Crippen LogP contribution is 2.59. The lowest BCUT2D eigenvalue weighted by molar-refractivity contribution is -0.0699. The van der Waals surface area contributed by atoms with E-state index in [0.29, 0.717) is 18.6 Å². The Labute approximate surface area is 229 Å². The van der Waals surface area contributed by atoms with Gasteiger partial charge in [0.25, 0.3) is 5.91 Å². The van der Waals surface area contributed by atoms with Gasteiger partial charge in [0.15, 0.2) is 27.3 Å². The van der Waals surface area contributed by atoms with Gasteiger partial charge in [-0.2, -0.15) is 0 Å². The molecular formula is C28H26ClF3N2O4S. The average Bonchev–Trinajstić information content (AvgIpc) is 3.00. The highest BCUT2D eigenvalue weighted by molar-refractivity contribution is 7.92. The van der Waals surface area contributed by atoms with Crippen molar-refractivity contribution in [1.29, 1.82) is 0 Å². The number of sulfone groups is 1. The van der Waals surface area contributed by atoms with Crippen molar-refractivity contribution in [3.8, 4) is 0 Å². The smallest absolute Gasteiger partial charge is 0.255 e. The summed E-state index contributed by atoms with van der Waals surface area (Å²) in [5.41, 5.74) is -0.130. The number of nitrogens with zero attached hydrogens (tertiary/aromatic N) is 1. The second-order valence-electron chi connectivity index (χ2n) is 10.5. The van der Waals surface area contributed by atoms with Gasteiger partial charge in [0.05, 0.1) is 20.8 Å². The predicted octanol–water partition coefficient (Wildman–Crippen LogP) is 5.81.